The third kappa shape index (κ3) is 3.43. The van der Waals surface area contributed by atoms with E-state index in [1.54, 1.807) is 0 Å². The van der Waals surface area contributed by atoms with E-state index in [1.807, 2.05) is 0 Å². The molecule has 0 spiro atoms. The SMILES string of the molecule is COC(=O)CCS(=O)(=O)C1CNC1.Cl. The first-order valence-corrected chi connectivity index (χ1v) is 5.77. The summed E-state index contributed by atoms with van der Waals surface area (Å²) in [5.74, 6) is -0.581. The van der Waals surface area contributed by atoms with Crippen molar-refractivity contribution in [2.75, 3.05) is 26.0 Å². The molecule has 1 aliphatic heterocycles. The zero-order valence-corrected chi connectivity index (χ0v) is 9.49. The molecule has 0 aromatic rings. The highest BCUT2D eigenvalue weighted by molar-refractivity contribution is 7.92. The molecule has 1 saturated heterocycles. The minimum atomic E-state index is -3.09. The van der Waals surface area contributed by atoms with Gasteiger partial charge < -0.3 is 10.1 Å². The fourth-order valence-corrected chi connectivity index (χ4v) is 2.54. The average Bonchev–Trinajstić information content (AvgIpc) is 1.96. The van der Waals surface area contributed by atoms with Crippen molar-refractivity contribution >= 4 is 28.2 Å². The Kier molecular flexibility index (Phi) is 5.40. The number of halogens is 1. The lowest BCUT2D eigenvalue weighted by molar-refractivity contribution is -0.140. The summed E-state index contributed by atoms with van der Waals surface area (Å²) in [6.45, 7) is 1.01. The standard InChI is InChI=1S/C7H13NO4S.ClH/c1-12-7(9)2-3-13(10,11)6-4-8-5-6;/h6,8H,2-5H2,1H3;1H. The second-order valence-corrected chi connectivity index (χ2v) is 5.37. The van der Waals surface area contributed by atoms with Gasteiger partial charge in [0.2, 0.25) is 0 Å². The van der Waals surface area contributed by atoms with Crippen LogP contribution in [0.1, 0.15) is 6.42 Å². The van der Waals surface area contributed by atoms with Gasteiger partial charge in [0, 0.05) is 13.1 Å². The molecule has 7 heteroatoms. The largest absolute Gasteiger partial charge is 0.469 e. The summed E-state index contributed by atoms with van der Waals surface area (Å²) in [4.78, 5) is 10.7. The van der Waals surface area contributed by atoms with Gasteiger partial charge in [-0.25, -0.2) is 8.42 Å². The summed E-state index contributed by atoms with van der Waals surface area (Å²) >= 11 is 0. The monoisotopic (exact) mass is 243 g/mol. The summed E-state index contributed by atoms with van der Waals surface area (Å²) in [6, 6.07) is 0. The van der Waals surface area contributed by atoms with Gasteiger partial charge in [0.1, 0.15) is 0 Å². The van der Waals surface area contributed by atoms with Gasteiger partial charge in [0.25, 0.3) is 0 Å². The van der Waals surface area contributed by atoms with Gasteiger partial charge in [-0.15, -0.1) is 12.4 Å². The van der Waals surface area contributed by atoms with E-state index in [0.717, 1.165) is 0 Å². The van der Waals surface area contributed by atoms with Gasteiger partial charge >= 0.3 is 5.97 Å². The van der Waals surface area contributed by atoms with Gasteiger partial charge in [-0.3, -0.25) is 4.79 Å². The summed E-state index contributed by atoms with van der Waals surface area (Å²) < 4.78 is 27.1. The third-order valence-electron chi connectivity index (χ3n) is 2.07. The number of carbonyl (C=O) groups is 1. The molecule has 1 heterocycles. The van der Waals surface area contributed by atoms with Crippen LogP contribution in [0, 0.1) is 0 Å². The molecular weight excluding hydrogens is 230 g/mol. The molecule has 0 aromatic carbocycles. The number of nitrogens with one attached hydrogen (secondary N) is 1. The molecule has 1 aliphatic rings. The molecule has 1 N–H and O–H groups in total. The van der Waals surface area contributed by atoms with E-state index in [9.17, 15) is 13.2 Å². The Hall–Kier alpha value is -0.330. The number of ether oxygens (including phenoxy) is 1. The van der Waals surface area contributed by atoms with Crippen LogP contribution in [0.25, 0.3) is 0 Å². The zero-order chi connectivity index (χ0) is 9.90. The predicted molar refractivity (Wildman–Crippen MR) is 54.3 cm³/mol. The zero-order valence-electron chi connectivity index (χ0n) is 7.86. The summed E-state index contributed by atoms with van der Waals surface area (Å²) in [7, 11) is -1.84. The molecule has 0 amide bonds. The first-order valence-electron chi connectivity index (χ1n) is 4.05. The minimum Gasteiger partial charge on any atom is -0.469 e. The maximum atomic E-state index is 11.4. The number of carbonyl (C=O) groups excluding carboxylic acids is 1. The maximum Gasteiger partial charge on any atom is 0.306 e. The van der Waals surface area contributed by atoms with E-state index in [-0.39, 0.29) is 29.8 Å². The number of hydrogen-bond acceptors (Lipinski definition) is 5. The molecule has 0 aliphatic carbocycles. The van der Waals surface area contributed by atoms with Gasteiger partial charge in [-0.1, -0.05) is 0 Å². The van der Waals surface area contributed by atoms with Gasteiger partial charge in [0.05, 0.1) is 24.5 Å². The lowest BCUT2D eigenvalue weighted by atomic mass is 10.3. The van der Waals surface area contributed by atoms with Crippen LogP contribution in [0.4, 0.5) is 0 Å². The average molecular weight is 244 g/mol. The van der Waals surface area contributed by atoms with Gasteiger partial charge in [-0.2, -0.15) is 0 Å². The smallest absolute Gasteiger partial charge is 0.306 e. The lowest BCUT2D eigenvalue weighted by Crippen LogP contribution is -2.52. The van der Waals surface area contributed by atoms with Crippen molar-refractivity contribution in [1.29, 1.82) is 0 Å². The van der Waals surface area contributed by atoms with Crippen LogP contribution in [0.5, 0.6) is 0 Å². The van der Waals surface area contributed by atoms with E-state index in [1.165, 1.54) is 7.11 Å². The Balaban J connectivity index is 0.00000169. The molecule has 0 saturated carbocycles. The van der Waals surface area contributed by atoms with E-state index in [0.29, 0.717) is 13.1 Å². The molecule has 0 unspecified atom stereocenters. The highest BCUT2D eigenvalue weighted by atomic mass is 35.5. The Morgan fingerprint density at radius 1 is 1.50 bits per heavy atom. The first-order chi connectivity index (χ1) is 6.06. The lowest BCUT2D eigenvalue weighted by Gasteiger charge is -2.26. The second-order valence-electron chi connectivity index (χ2n) is 2.97. The summed E-state index contributed by atoms with van der Waals surface area (Å²) in [5.41, 5.74) is 0. The quantitative estimate of drug-likeness (QED) is 0.665. The van der Waals surface area contributed by atoms with E-state index < -0.39 is 15.8 Å². The van der Waals surface area contributed by atoms with Crippen molar-refractivity contribution < 1.29 is 17.9 Å². The molecule has 1 rings (SSSR count). The van der Waals surface area contributed by atoms with E-state index in [4.69, 9.17) is 0 Å². The second kappa shape index (κ2) is 5.53. The van der Waals surface area contributed by atoms with Crippen molar-refractivity contribution in [2.24, 2.45) is 0 Å². The highest BCUT2D eigenvalue weighted by Gasteiger charge is 2.31. The predicted octanol–water partition coefficient (Wildman–Crippen LogP) is -0.642. The molecular formula is C7H14ClNO4S. The van der Waals surface area contributed by atoms with E-state index >= 15 is 0 Å². The topological polar surface area (TPSA) is 72.5 Å². The van der Waals surface area contributed by atoms with Crippen molar-refractivity contribution in [3.05, 3.63) is 0 Å². The molecule has 0 radical (unpaired) electrons. The number of hydrogen-bond donors (Lipinski definition) is 1. The number of sulfone groups is 1. The Bertz CT molecular complexity index is 286. The van der Waals surface area contributed by atoms with Crippen LogP contribution in [0.15, 0.2) is 0 Å². The molecule has 14 heavy (non-hydrogen) atoms. The summed E-state index contributed by atoms with van der Waals surface area (Å²) in [6.07, 6.45) is -0.0463. The Morgan fingerprint density at radius 3 is 2.43 bits per heavy atom. The number of methoxy groups -OCH3 is 1. The Labute approximate surface area is 89.5 Å². The molecule has 5 nitrogen and oxygen atoms in total. The maximum absolute atomic E-state index is 11.4. The molecule has 0 aromatic heterocycles. The van der Waals surface area contributed by atoms with E-state index in [2.05, 4.69) is 10.1 Å². The van der Waals surface area contributed by atoms with Gasteiger partial charge in [-0.05, 0) is 0 Å². The van der Waals surface area contributed by atoms with Crippen LogP contribution in [0.3, 0.4) is 0 Å². The van der Waals surface area contributed by atoms with Crippen LogP contribution >= 0.6 is 12.4 Å². The number of esters is 1. The van der Waals surface area contributed by atoms with Crippen molar-refractivity contribution in [3.8, 4) is 0 Å². The molecule has 0 atom stereocenters. The third-order valence-corrected chi connectivity index (χ3v) is 4.19. The van der Waals surface area contributed by atoms with Crippen molar-refractivity contribution in [1.82, 2.24) is 5.32 Å². The number of rotatable bonds is 4. The molecule has 0 bridgehead atoms. The van der Waals surface area contributed by atoms with Crippen molar-refractivity contribution in [3.63, 3.8) is 0 Å². The van der Waals surface area contributed by atoms with Crippen LogP contribution in [-0.2, 0) is 19.4 Å². The fraction of sp³-hybridized carbons (Fsp3) is 0.857. The Morgan fingerprint density at radius 2 is 2.07 bits per heavy atom. The van der Waals surface area contributed by atoms with Gasteiger partial charge in [0.15, 0.2) is 9.84 Å². The normalized spacial score (nSPS) is 16.6. The highest BCUT2D eigenvalue weighted by Crippen LogP contribution is 2.08. The molecule has 84 valence electrons. The molecule has 1 fully saturated rings. The van der Waals surface area contributed by atoms with Crippen molar-refractivity contribution in [2.45, 2.75) is 11.7 Å². The van der Waals surface area contributed by atoms with Crippen LogP contribution in [0.2, 0.25) is 0 Å². The minimum absolute atomic E-state index is 0. The first kappa shape index (κ1) is 13.7. The fourth-order valence-electron chi connectivity index (χ4n) is 1.01. The summed E-state index contributed by atoms with van der Waals surface area (Å²) in [5, 5.41) is 2.57. The van der Waals surface area contributed by atoms with Crippen LogP contribution < -0.4 is 5.32 Å². The van der Waals surface area contributed by atoms with Crippen LogP contribution in [-0.4, -0.2) is 45.6 Å².